The highest BCUT2D eigenvalue weighted by atomic mass is 16.2. The number of nitrogens with zero attached hydrogens (tertiary/aromatic N) is 6. The number of anilines is 1. The fourth-order valence-electron chi connectivity index (χ4n) is 5.82. The van der Waals surface area contributed by atoms with Gasteiger partial charge in [0.2, 0.25) is 11.8 Å². The van der Waals surface area contributed by atoms with E-state index >= 15 is 0 Å². The largest absolute Gasteiger partial charge is 0.337 e. The normalized spacial score (nSPS) is 20.4. The van der Waals surface area contributed by atoms with Crippen molar-refractivity contribution in [3.8, 4) is 0 Å². The number of rotatable bonds is 5. The molecule has 37 heavy (non-hydrogen) atoms. The van der Waals surface area contributed by atoms with Crippen LogP contribution in [0.3, 0.4) is 0 Å². The summed E-state index contributed by atoms with van der Waals surface area (Å²) in [6.45, 7) is 6.76. The van der Waals surface area contributed by atoms with E-state index in [2.05, 4.69) is 20.9 Å². The van der Waals surface area contributed by atoms with E-state index in [1.165, 1.54) is 0 Å². The Hall–Kier alpha value is -3.52. The summed E-state index contributed by atoms with van der Waals surface area (Å²) in [7, 11) is 0. The van der Waals surface area contributed by atoms with E-state index in [1.807, 2.05) is 70.1 Å². The molecule has 0 spiro atoms. The number of hydrogen-bond acceptors (Lipinski definition) is 5. The highest BCUT2D eigenvalue weighted by Gasteiger charge is 2.36. The first-order chi connectivity index (χ1) is 18.0. The van der Waals surface area contributed by atoms with Crippen molar-refractivity contribution >= 4 is 17.5 Å². The van der Waals surface area contributed by atoms with Gasteiger partial charge in [0.05, 0.1) is 5.69 Å². The molecular weight excluding hydrogens is 464 g/mol. The SMILES string of the molecule is CC(=O)N1CC[C@@H]2CC[C@H](CN(C(=O)CCn3ccnc3C)Cc3ccccc31)N2Cc1ccccn1. The van der Waals surface area contributed by atoms with E-state index in [-0.39, 0.29) is 17.9 Å². The Kier molecular flexibility index (Phi) is 7.65. The van der Waals surface area contributed by atoms with E-state index in [4.69, 9.17) is 0 Å². The number of fused-ring (bicyclic) bond motifs is 3. The fraction of sp³-hybridized carbons (Fsp3) is 0.448. The molecule has 0 N–H and O–H groups in total. The van der Waals surface area contributed by atoms with Gasteiger partial charge in [-0.15, -0.1) is 0 Å². The quantitative estimate of drug-likeness (QED) is 0.533. The zero-order valence-corrected chi connectivity index (χ0v) is 21.8. The Morgan fingerprint density at radius 1 is 0.973 bits per heavy atom. The van der Waals surface area contributed by atoms with Crippen LogP contribution in [0.2, 0.25) is 0 Å². The summed E-state index contributed by atoms with van der Waals surface area (Å²) >= 11 is 0. The van der Waals surface area contributed by atoms with Crippen LogP contribution in [-0.4, -0.2) is 61.3 Å². The number of carbonyl (C=O) groups excluding carboxylic acids is 2. The molecule has 2 amide bonds. The van der Waals surface area contributed by atoms with E-state index in [9.17, 15) is 9.59 Å². The van der Waals surface area contributed by atoms with Crippen molar-refractivity contribution in [3.05, 3.63) is 78.1 Å². The maximum absolute atomic E-state index is 13.7. The minimum absolute atomic E-state index is 0.0333. The van der Waals surface area contributed by atoms with Crippen molar-refractivity contribution in [1.82, 2.24) is 24.3 Å². The number of carbonyl (C=O) groups is 2. The monoisotopic (exact) mass is 500 g/mol. The lowest BCUT2D eigenvalue weighted by Gasteiger charge is -2.33. The van der Waals surface area contributed by atoms with Crippen LogP contribution < -0.4 is 4.90 Å². The van der Waals surface area contributed by atoms with Gasteiger partial charge in [-0.05, 0) is 49.9 Å². The lowest BCUT2D eigenvalue weighted by Crippen LogP contribution is -2.45. The van der Waals surface area contributed by atoms with Gasteiger partial charge < -0.3 is 14.4 Å². The van der Waals surface area contributed by atoms with Gasteiger partial charge in [0.25, 0.3) is 0 Å². The van der Waals surface area contributed by atoms with Crippen LogP contribution in [0, 0.1) is 6.92 Å². The molecule has 2 aliphatic rings. The molecule has 2 aromatic heterocycles. The number of pyridine rings is 1. The highest BCUT2D eigenvalue weighted by molar-refractivity contribution is 5.92. The Morgan fingerprint density at radius 2 is 1.78 bits per heavy atom. The van der Waals surface area contributed by atoms with Crippen LogP contribution in [0.25, 0.3) is 0 Å². The summed E-state index contributed by atoms with van der Waals surface area (Å²) in [6, 6.07) is 14.7. The number of benzene rings is 1. The van der Waals surface area contributed by atoms with E-state index in [1.54, 1.807) is 13.1 Å². The van der Waals surface area contributed by atoms with Crippen LogP contribution in [-0.2, 0) is 29.2 Å². The topological polar surface area (TPSA) is 74.6 Å². The van der Waals surface area contributed by atoms with Crippen molar-refractivity contribution in [2.75, 3.05) is 18.0 Å². The van der Waals surface area contributed by atoms with Crippen LogP contribution in [0.15, 0.2) is 61.1 Å². The summed E-state index contributed by atoms with van der Waals surface area (Å²) in [6.07, 6.45) is 8.92. The molecule has 3 aromatic rings. The molecule has 0 radical (unpaired) electrons. The van der Waals surface area contributed by atoms with Crippen molar-refractivity contribution in [2.45, 2.75) is 71.2 Å². The van der Waals surface area contributed by atoms with Crippen LogP contribution in [0.4, 0.5) is 5.69 Å². The molecule has 0 aliphatic carbocycles. The van der Waals surface area contributed by atoms with Crippen molar-refractivity contribution < 1.29 is 9.59 Å². The molecular formula is C29H36N6O2. The van der Waals surface area contributed by atoms with Crippen LogP contribution >= 0.6 is 0 Å². The summed E-state index contributed by atoms with van der Waals surface area (Å²) in [5, 5.41) is 0. The molecule has 2 atom stereocenters. The van der Waals surface area contributed by atoms with Gasteiger partial charge in [-0.25, -0.2) is 4.98 Å². The third-order valence-electron chi connectivity index (χ3n) is 7.83. The number of aromatic nitrogens is 3. The predicted octanol–water partition coefficient (Wildman–Crippen LogP) is 3.80. The van der Waals surface area contributed by atoms with Gasteiger partial charge in [-0.2, -0.15) is 0 Å². The smallest absolute Gasteiger partial charge is 0.224 e. The molecule has 8 heteroatoms. The third kappa shape index (κ3) is 5.74. The summed E-state index contributed by atoms with van der Waals surface area (Å²) in [5.74, 6) is 1.07. The summed E-state index contributed by atoms with van der Waals surface area (Å²) in [4.78, 5) is 41.8. The molecule has 8 nitrogen and oxygen atoms in total. The highest BCUT2D eigenvalue weighted by Crippen LogP contribution is 2.32. The van der Waals surface area contributed by atoms with Gasteiger partial charge in [-0.3, -0.25) is 19.5 Å². The van der Waals surface area contributed by atoms with E-state index in [0.29, 0.717) is 38.6 Å². The number of hydrogen-bond donors (Lipinski definition) is 0. The Labute approximate surface area is 218 Å². The standard InChI is InChI=1S/C29H36N6O2/c1-22-30-15-18-32(22)16-13-29(37)33-19-24-7-3-4-9-28(24)34(23(2)36)17-12-26-10-11-27(21-33)35(26)20-25-8-5-6-14-31-25/h3-9,14-15,18,26-27H,10-13,16-17,19-21H2,1-2H3/t26-,27+/m0/s1. The number of para-hydroxylation sites is 1. The Bertz CT molecular complexity index is 1230. The maximum atomic E-state index is 13.7. The summed E-state index contributed by atoms with van der Waals surface area (Å²) in [5.41, 5.74) is 2.96. The minimum atomic E-state index is 0.0333. The number of aryl methyl sites for hydroxylation is 2. The Balaban J connectivity index is 1.46. The molecule has 1 fully saturated rings. The lowest BCUT2D eigenvalue weighted by atomic mass is 10.1. The van der Waals surface area contributed by atoms with Crippen LogP contribution in [0.5, 0.6) is 0 Å². The maximum Gasteiger partial charge on any atom is 0.224 e. The molecule has 4 heterocycles. The average Bonchev–Trinajstić information content (AvgIpc) is 3.47. The van der Waals surface area contributed by atoms with Gasteiger partial charge in [-0.1, -0.05) is 24.3 Å². The molecule has 1 saturated heterocycles. The third-order valence-corrected chi connectivity index (χ3v) is 7.83. The first-order valence-electron chi connectivity index (χ1n) is 13.3. The van der Waals surface area contributed by atoms with Gasteiger partial charge in [0.1, 0.15) is 5.82 Å². The van der Waals surface area contributed by atoms with Crippen molar-refractivity contribution in [1.29, 1.82) is 0 Å². The molecule has 0 unspecified atom stereocenters. The van der Waals surface area contributed by atoms with Crippen molar-refractivity contribution in [3.63, 3.8) is 0 Å². The van der Waals surface area contributed by atoms with Crippen LogP contribution in [0.1, 0.15) is 49.7 Å². The van der Waals surface area contributed by atoms with Gasteiger partial charge >= 0.3 is 0 Å². The molecule has 5 rings (SSSR count). The molecule has 1 aromatic carbocycles. The molecule has 2 bridgehead atoms. The lowest BCUT2D eigenvalue weighted by molar-refractivity contribution is -0.133. The van der Waals surface area contributed by atoms with E-state index in [0.717, 1.165) is 48.6 Å². The second kappa shape index (κ2) is 11.3. The van der Waals surface area contributed by atoms with E-state index < -0.39 is 0 Å². The first kappa shape index (κ1) is 25.1. The van der Waals surface area contributed by atoms with Crippen molar-refractivity contribution in [2.24, 2.45) is 0 Å². The zero-order valence-electron chi connectivity index (χ0n) is 21.8. The van der Waals surface area contributed by atoms with Gasteiger partial charge in [0.15, 0.2) is 0 Å². The predicted molar refractivity (Wildman–Crippen MR) is 143 cm³/mol. The average molecular weight is 501 g/mol. The number of imidazole rings is 1. The first-order valence-corrected chi connectivity index (χ1v) is 13.3. The fourth-order valence-corrected chi connectivity index (χ4v) is 5.82. The summed E-state index contributed by atoms with van der Waals surface area (Å²) < 4.78 is 2.02. The number of amides is 2. The zero-order chi connectivity index (χ0) is 25.8. The second-order valence-corrected chi connectivity index (χ2v) is 10.2. The Morgan fingerprint density at radius 3 is 2.54 bits per heavy atom. The molecule has 0 saturated carbocycles. The second-order valence-electron chi connectivity index (χ2n) is 10.2. The van der Waals surface area contributed by atoms with Gasteiger partial charge in [0, 0.05) is 82.4 Å². The molecule has 194 valence electrons. The molecule has 2 aliphatic heterocycles. The minimum Gasteiger partial charge on any atom is -0.337 e.